The van der Waals surface area contributed by atoms with Crippen LogP contribution in [0.1, 0.15) is 0 Å². The number of aromatic nitrogens is 3. The van der Waals surface area contributed by atoms with Gasteiger partial charge in [-0.25, -0.2) is 9.97 Å². The third kappa shape index (κ3) is 1.72. The van der Waals surface area contributed by atoms with E-state index in [0.717, 1.165) is 11.3 Å². The highest BCUT2D eigenvalue weighted by Crippen LogP contribution is 2.23. The predicted molar refractivity (Wildman–Crippen MR) is 67.8 cm³/mol. The van der Waals surface area contributed by atoms with E-state index in [0.29, 0.717) is 16.5 Å². The number of nitrogens with two attached hydrogens (primary N) is 1. The number of halogens is 1. The molecular formula is C12H9ClN4. The number of benzene rings is 1. The molecule has 0 bridgehead atoms. The zero-order valence-corrected chi connectivity index (χ0v) is 9.59. The van der Waals surface area contributed by atoms with Crippen molar-refractivity contribution in [2.24, 2.45) is 0 Å². The van der Waals surface area contributed by atoms with Crippen LogP contribution in [0.4, 0.5) is 5.69 Å². The Balaban J connectivity index is 2.27. The van der Waals surface area contributed by atoms with Crippen molar-refractivity contribution in [2.45, 2.75) is 0 Å². The topological polar surface area (TPSA) is 56.2 Å². The minimum atomic E-state index is 0.596. The van der Waals surface area contributed by atoms with Gasteiger partial charge in [0, 0.05) is 16.8 Å². The summed E-state index contributed by atoms with van der Waals surface area (Å²) in [5, 5.41) is 0.689. The fourth-order valence-corrected chi connectivity index (χ4v) is 1.94. The Hall–Kier alpha value is -2.07. The van der Waals surface area contributed by atoms with Crippen LogP contribution in [0, 0.1) is 0 Å². The predicted octanol–water partition coefficient (Wildman–Crippen LogP) is 2.63. The molecule has 17 heavy (non-hydrogen) atoms. The van der Waals surface area contributed by atoms with Crippen molar-refractivity contribution in [1.82, 2.24) is 14.4 Å². The molecule has 2 heterocycles. The molecule has 0 unspecified atom stereocenters. The van der Waals surface area contributed by atoms with Crippen molar-refractivity contribution in [1.29, 1.82) is 0 Å². The van der Waals surface area contributed by atoms with Crippen LogP contribution < -0.4 is 5.73 Å². The molecule has 0 fully saturated rings. The minimum Gasteiger partial charge on any atom is -0.396 e. The maximum atomic E-state index is 5.97. The van der Waals surface area contributed by atoms with Crippen LogP contribution in [-0.4, -0.2) is 14.4 Å². The van der Waals surface area contributed by atoms with Crippen LogP contribution in [0.2, 0.25) is 5.02 Å². The van der Waals surface area contributed by atoms with Crippen LogP contribution in [0.3, 0.4) is 0 Å². The summed E-state index contributed by atoms with van der Waals surface area (Å²) < 4.78 is 1.85. The highest BCUT2D eigenvalue weighted by molar-refractivity contribution is 6.30. The summed E-state index contributed by atoms with van der Waals surface area (Å²) in [6.45, 7) is 0. The Bertz CT molecular complexity index is 690. The van der Waals surface area contributed by atoms with Gasteiger partial charge in [0.15, 0.2) is 0 Å². The molecule has 0 aliphatic carbocycles. The van der Waals surface area contributed by atoms with E-state index in [-0.39, 0.29) is 0 Å². The Labute approximate surface area is 103 Å². The standard InChI is InChI=1S/C12H9ClN4/c13-9-3-1-2-8(4-9)11-6-16-12-15-5-10(14)7-17(11)12/h1-7H,14H2. The van der Waals surface area contributed by atoms with E-state index in [1.54, 1.807) is 18.6 Å². The van der Waals surface area contributed by atoms with E-state index in [2.05, 4.69) is 9.97 Å². The second-order valence-electron chi connectivity index (χ2n) is 3.71. The third-order valence-corrected chi connectivity index (χ3v) is 2.74. The van der Waals surface area contributed by atoms with Gasteiger partial charge in [-0.1, -0.05) is 23.7 Å². The maximum absolute atomic E-state index is 5.97. The molecular weight excluding hydrogens is 236 g/mol. The van der Waals surface area contributed by atoms with E-state index < -0.39 is 0 Å². The van der Waals surface area contributed by atoms with Crippen molar-refractivity contribution < 1.29 is 0 Å². The molecule has 5 heteroatoms. The quantitative estimate of drug-likeness (QED) is 0.716. The Morgan fingerprint density at radius 2 is 2.00 bits per heavy atom. The summed E-state index contributed by atoms with van der Waals surface area (Å²) in [5.74, 6) is 0.620. The van der Waals surface area contributed by atoms with Crippen molar-refractivity contribution in [3.05, 3.63) is 47.9 Å². The van der Waals surface area contributed by atoms with Gasteiger partial charge < -0.3 is 5.73 Å². The number of nitrogens with zero attached hydrogens (tertiary/aromatic N) is 3. The monoisotopic (exact) mass is 244 g/mol. The molecule has 0 atom stereocenters. The zero-order chi connectivity index (χ0) is 11.8. The second-order valence-corrected chi connectivity index (χ2v) is 4.15. The first-order valence-electron chi connectivity index (χ1n) is 5.08. The Morgan fingerprint density at radius 3 is 2.82 bits per heavy atom. The van der Waals surface area contributed by atoms with Gasteiger partial charge in [-0.3, -0.25) is 4.40 Å². The van der Waals surface area contributed by atoms with Crippen LogP contribution in [-0.2, 0) is 0 Å². The molecule has 3 aromatic rings. The third-order valence-electron chi connectivity index (χ3n) is 2.50. The van der Waals surface area contributed by atoms with Gasteiger partial charge in [-0.2, -0.15) is 0 Å². The van der Waals surface area contributed by atoms with Crippen molar-refractivity contribution in [3.63, 3.8) is 0 Å². The molecule has 3 rings (SSSR count). The zero-order valence-electron chi connectivity index (χ0n) is 8.84. The summed E-state index contributed by atoms with van der Waals surface area (Å²) in [6, 6.07) is 7.59. The van der Waals surface area contributed by atoms with E-state index in [4.69, 9.17) is 17.3 Å². The largest absolute Gasteiger partial charge is 0.396 e. The van der Waals surface area contributed by atoms with E-state index in [9.17, 15) is 0 Å². The molecule has 0 aliphatic rings. The van der Waals surface area contributed by atoms with Crippen molar-refractivity contribution in [2.75, 3.05) is 5.73 Å². The molecule has 2 aromatic heterocycles. The van der Waals surface area contributed by atoms with Crippen LogP contribution in [0.5, 0.6) is 0 Å². The summed E-state index contributed by atoms with van der Waals surface area (Å²) in [7, 11) is 0. The van der Waals surface area contributed by atoms with Gasteiger partial charge in [0.05, 0.1) is 23.8 Å². The summed E-state index contributed by atoms with van der Waals surface area (Å²) >= 11 is 5.97. The molecule has 0 spiro atoms. The lowest BCUT2D eigenvalue weighted by molar-refractivity contribution is 1.12. The highest BCUT2D eigenvalue weighted by atomic mass is 35.5. The lowest BCUT2D eigenvalue weighted by Gasteiger charge is -2.02. The SMILES string of the molecule is Nc1cnc2ncc(-c3cccc(Cl)c3)n2c1. The lowest BCUT2D eigenvalue weighted by atomic mass is 10.2. The number of fused-ring (bicyclic) bond motifs is 1. The second kappa shape index (κ2) is 3.75. The van der Waals surface area contributed by atoms with Gasteiger partial charge in [0.25, 0.3) is 0 Å². The van der Waals surface area contributed by atoms with Crippen molar-refractivity contribution >= 4 is 23.1 Å². The van der Waals surface area contributed by atoms with Gasteiger partial charge in [-0.15, -0.1) is 0 Å². The molecule has 1 aromatic carbocycles. The number of nitrogen functional groups attached to an aromatic ring is 1. The molecule has 0 saturated heterocycles. The maximum Gasteiger partial charge on any atom is 0.234 e. The van der Waals surface area contributed by atoms with Crippen molar-refractivity contribution in [3.8, 4) is 11.3 Å². The first-order valence-corrected chi connectivity index (χ1v) is 5.46. The van der Waals surface area contributed by atoms with E-state index in [1.807, 2.05) is 28.7 Å². The Kier molecular flexibility index (Phi) is 2.23. The number of anilines is 1. The van der Waals surface area contributed by atoms with Gasteiger partial charge in [0.1, 0.15) is 0 Å². The van der Waals surface area contributed by atoms with Crippen LogP contribution >= 0.6 is 11.6 Å². The molecule has 2 N–H and O–H groups in total. The highest BCUT2D eigenvalue weighted by Gasteiger charge is 2.06. The van der Waals surface area contributed by atoms with Gasteiger partial charge in [-0.05, 0) is 12.1 Å². The lowest BCUT2D eigenvalue weighted by Crippen LogP contribution is -1.94. The Morgan fingerprint density at radius 1 is 1.18 bits per heavy atom. The van der Waals surface area contributed by atoms with Gasteiger partial charge >= 0.3 is 0 Å². The summed E-state index contributed by atoms with van der Waals surface area (Å²) in [6.07, 6.45) is 5.14. The molecule has 0 aliphatic heterocycles. The first-order chi connectivity index (χ1) is 8.24. The molecule has 84 valence electrons. The fourth-order valence-electron chi connectivity index (χ4n) is 1.75. The normalized spacial score (nSPS) is 10.9. The average molecular weight is 245 g/mol. The number of rotatable bonds is 1. The number of hydrogen-bond donors (Lipinski definition) is 1. The fraction of sp³-hybridized carbons (Fsp3) is 0. The first kappa shape index (κ1) is 10.1. The molecule has 0 saturated carbocycles. The summed E-state index contributed by atoms with van der Waals surface area (Å²) in [5.41, 5.74) is 8.22. The molecule has 0 radical (unpaired) electrons. The van der Waals surface area contributed by atoms with Gasteiger partial charge in [0.2, 0.25) is 5.78 Å². The average Bonchev–Trinajstić information content (AvgIpc) is 2.71. The molecule has 4 nitrogen and oxygen atoms in total. The smallest absolute Gasteiger partial charge is 0.234 e. The minimum absolute atomic E-state index is 0.596. The van der Waals surface area contributed by atoms with E-state index >= 15 is 0 Å². The number of imidazole rings is 1. The van der Waals surface area contributed by atoms with E-state index in [1.165, 1.54) is 0 Å². The van der Waals surface area contributed by atoms with Crippen LogP contribution in [0.25, 0.3) is 17.0 Å². The number of hydrogen-bond acceptors (Lipinski definition) is 3. The summed E-state index contributed by atoms with van der Waals surface area (Å²) in [4.78, 5) is 8.36. The molecule has 0 amide bonds. The van der Waals surface area contributed by atoms with Crippen LogP contribution in [0.15, 0.2) is 42.9 Å².